The number of amides is 3. The van der Waals surface area contributed by atoms with Crippen molar-refractivity contribution in [1.82, 2.24) is 16.0 Å². The highest BCUT2D eigenvalue weighted by molar-refractivity contribution is 7.80. The third kappa shape index (κ3) is 11.8. The van der Waals surface area contributed by atoms with Crippen LogP contribution in [-0.4, -0.2) is 87.4 Å². The van der Waals surface area contributed by atoms with Crippen LogP contribution in [0.1, 0.15) is 24.8 Å². The molecule has 15 nitrogen and oxygen atoms in total. The Kier molecular flexibility index (Phi) is 13.4. The molecule has 12 N–H and O–H groups in total. The molecule has 0 aliphatic heterocycles. The Morgan fingerprint density at radius 1 is 0.895 bits per heavy atom. The second-order valence-electron chi connectivity index (χ2n) is 8.23. The molecule has 1 aromatic rings. The fourth-order valence-electron chi connectivity index (χ4n) is 3.14. The van der Waals surface area contributed by atoms with Crippen LogP contribution >= 0.6 is 12.6 Å². The Balaban J connectivity index is 2.82. The molecule has 0 saturated heterocycles. The molecule has 1 rings (SSSR count). The summed E-state index contributed by atoms with van der Waals surface area (Å²) in [5.41, 5.74) is 17.0. The molecule has 0 bridgehead atoms. The van der Waals surface area contributed by atoms with E-state index in [0.717, 1.165) is 0 Å². The Labute approximate surface area is 223 Å². The molecule has 3 amide bonds. The minimum atomic E-state index is -1.65. The van der Waals surface area contributed by atoms with Crippen LogP contribution in [0, 0.1) is 0 Å². The zero-order valence-electron chi connectivity index (χ0n) is 20.4. The van der Waals surface area contributed by atoms with Crippen LogP contribution in [-0.2, 0) is 30.4 Å². The molecule has 4 unspecified atom stereocenters. The summed E-state index contributed by atoms with van der Waals surface area (Å²) in [5, 5.41) is 34.7. The number of aliphatic carboxylic acids is 2. The number of carboxylic acid groups (broad SMARTS) is 2. The number of hydrogen-bond acceptors (Lipinski definition) is 9. The van der Waals surface area contributed by atoms with Crippen LogP contribution in [0.4, 0.5) is 0 Å². The Bertz CT molecular complexity index is 1020. The number of phenols is 1. The van der Waals surface area contributed by atoms with E-state index in [9.17, 15) is 39.3 Å². The number of carboxylic acids is 2. The summed E-state index contributed by atoms with van der Waals surface area (Å²) in [5.74, 6) is -5.86. The van der Waals surface area contributed by atoms with Gasteiger partial charge in [-0.25, -0.2) is 4.79 Å². The quantitative estimate of drug-likeness (QED) is 0.0432. The summed E-state index contributed by atoms with van der Waals surface area (Å²) in [4.78, 5) is 64.5. The van der Waals surface area contributed by atoms with Gasteiger partial charge >= 0.3 is 11.9 Å². The van der Waals surface area contributed by atoms with Gasteiger partial charge in [-0.05, 0) is 37.0 Å². The lowest BCUT2D eigenvalue weighted by Gasteiger charge is -2.24. The molecule has 1 aromatic carbocycles. The Hall–Kier alpha value is -4.05. The molecule has 38 heavy (non-hydrogen) atoms. The molecule has 0 radical (unpaired) electrons. The van der Waals surface area contributed by atoms with Gasteiger partial charge in [0, 0.05) is 12.3 Å². The minimum Gasteiger partial charge on any atom is -0.508 e. The first-order valence-corrected chi connectivity index (χ1v) is 12.0. The first-order valence-electron chi connectivity index (χ1n) is 11.4. The van der Waals surface area contributed by atoms with Crippen molar-refractivity contribution in [2.75, 3.05) is 12.3 Å². The molecule has 16 heteroatoms. The van der Waals surface area contributed by atoms with E-state index in [1.54, 1.807) is 12.1 Å². The third-order valence-corrected chi connectivity index (χ3v) is 5.48. The van der Waals surface area contributed by atoms with Gasteiger partial charge in [0.05, 0.1) is 12.5 Å². The van der Waals surface area contributed by atoms with E-state index in [1.165, 1.54) is 12.1 Å². The number of guanidine groups is 1. The number of phenolic OH excluding ortho intramolecular Hbond substituents is 1. The number of nitrogens with zero attached hydrogens (tertiary/aromatic N) is 1. The van der Waals surface area contributed by atoms with E-state index in [2.05, 4.69) is 33.6 Å². The molecule has 0 spiro atoms. The van der Waals surface area contributed by atoms with Crippen molar-refractivity contribution >= 4 is 48.2 Å². The monoisotopic (exact) mass is 555 g/mol. The van der Waals surface area contributed by atoms with Gasteiger partial charge in [0.2, 0.25) is 17.7 Å². The number of benzene rings is 1. The first kappa shape index (κ1) is 32.0. The molecular weight excluding hydrogens is 522 g/mol. The predicted molar refractivity (Wildman–Crippen MR) is 139 cm³/mol. The molecule has 0 aliphatic rings. The van der Waals surface area contributed by atoms with Crippen LogP contribution in [0.2, 0.25) is 0 Å². The van der Waals surface area contributed by atoms with E-state index in [1.807, 2.05) is 0 Å². The Morgan fingerprint density at radius 2 is 1.45 bits per heavy atom. The highest BCUT2D eigenvalue weighted by Gasteiger charge is 2.31. The van der Waals surface area contributed by atoms with Crippen LogP contribution in [0.15, 0.2) is 29.3 Å². The lowest BCUT2D eigenvalue weighted by molar-refractivity contribution is -0.143. The van der Waals surface area contributed by atoms with E-state index < -0.39 is 60.2 Å². The summed E-state index contributed by atoms with van der Waals surface area (Å²) in [7, 11) is 0. The van der Waals surface area contributed by atoms with Crippen molar-refractivity contribution in [3.63, 3.8) is 0 Å². The highest BCUT2D eigenvalue weighted by atomic mass is 32.1. The smallest absolute Gasteiger partial charge is 0.326 e. The van der Waals surface area contributed by atoms with Crippen molar-refractivity contribution < 1.29 is 39.3 Å². The summed E-state index contributed by atoms with van der Waals surface area (Å²) < 4.78 is 0. The maximum absolute atomic E-state index is 12.7. The topological polar surface area (TPSA) is 273 Å². The van der Waals surface area contributed by atoms with E-state index in [-0.39, 0.29) is 43.3 Å². The standard InChI is InChI=1S/C22H33N7O8S/c23-13(8-11-3-5-12(30)6-4-11)18(33)29-16(10-38)20(35)28-15(9-17(31)32)19(34)27-14(21(36)37)2-1-7-26-22(24)25/h3-6,13-16,30,38H,1-2,7-10,23H2,(H,27,34)(H,28,35)(H,29,33)(H,31,32)(H,36,37)(H4,24,25,26). The number of rotatable bonds is 16. The number of aliphatic imine (C=N–C) groups is 1. The van der Waals surface area contributed by atoms with Crippen molar-refractivity contribution in [2.45, 2.75) is 49.9 Å². The second-order valence-corrected chi connectivity index (χ2v) is 8.59. The van der Waals surface area contributed by atoms with Gasteiger partial charge in [-0.2, -0.15) is 12.6 Å². The van der Waals surface area contributed by atoms with Gasteiger partial charge in [-0.15, -0.1) is 0 Å². The number of hydrogen-bond donors (Lipinski definition) is 10. The maximum Gasteiger partial charge on any atom is 0.326 e. The molecule has 4 atom stereocenters. The van der Waals surface area contributed by atoms with Gasteiger partial charge < -0.3 is 48.5 Å². The maximum atomic E-state index is 12.7. The third-order valence-electron chi connectivity index (χ3n) is 5.12. The normalized spacial score (nSPS) is 13.7. The second kappa shape index (κ2) is 15.9. The van der Waals surface area contributed by atoms with Gasteiger partial charge in [0.25, 0.3) is 0 Å². The van der Waals surface area contributed by atoms with Crippen molar-refractivity contribution in [1.29, 1.82) is 0 Å². The summed E-state index contributed by atoms with van der Waals surface area (Å²) in [6.07, 6.45) is -0.633. The van der Waals surface area contributed by atoms with Crippen LogP contribution in [0.25, 0.3) is 0 Å². The Morgan fingerprint density at radius 3 is 1.97 bits per heavy atom. The SMILES string of the molecule is NC(N)=NCCCC(NC(=O)C(CC(=O)O)NC(=O)C(CS)NC(=O)C(N)Cc1ccc(O)cc1)C(=O)O. The van der Waals surface area contributed by atoms with Gasteiger partial charge in [0.15, 0.2) is 5.96 Å². The number of carbonyl (C=O) groups excluding carboxylic acids is 3. The molecule has 0 fully saturated rings. The predicted octanol–water partition coefficient (Wildman–Crippen LogP) is -2.74. The fraction of sp³-hybridized carbons (Fsp3) is 0.455. The average molecular weight is 556 g/mol. The van der Waals surface area contributed by atoms with Crippen molar-refractivity contribution in [3.8, 4) is 5.75 Å². The fourth-order valence-corrected chi connectivity index (χ4v) is 3.40. The minimum absolute atomic E-state index is 0.0409. The van der Waals surface area contributed by atoms with Crippen molar-refractivity contribution in [2.24, 2.45) is 22.2 Å². The molecule has 0 saturated carbocycles. The van der Waals surface area contributed by atoms with Crippen LogP contribution in [0.5, 0.6) is 5.75 Å². The lowest BCUT2D eigenvalue weighted by Crippen LogP contribution is -2.58. The summed E-state index contributed by atoms with van der Waals surface area (Å²) >= 11 is 4.03. The zero-order valence-corrected chi connectivity index (χ0v) is 21.3. The zero-order chi connectivity index (χ0) is 28.8. The molecule has 210 valence electrons. The van der Waals surface area contributed by atoms with Crippen LogP contribution < -0.4 is 33.2 Å². The summed E-state index contributed by atoms with van der Waals surface area (Å²) in [6, 6.07) is 0.607. The number of thiol groups is 1. The lowest BCUT2D eigenvalue weighted by atomic mass is 10.1. The molecule has 0 aliphatic carbocycles. The number of nitrogens with one attached hydrogen (secondary N) is 3. The average Bonchev–Trinajstić information content (AvgIpc) is 2.84. The highest BCUT2D eigenvalue weighted by Crippen LogP contribution is 2.11. The molecule has 0 heterocycles. The largest absolute Gasteiger partial charge is 0.508 e. The van der Waals surface area contributed by atoms with E-state index in [4.69, 9.17) is 17.2 Å². The number of nitrogens with two attached hydrogens (primary N) is 3. The van der Waals surface area contributed by atoms with Gasteiger partial charge in [0.1, 0.15) is 23.9 Å². The number of carbonyl (C=O) groups is 5. The molecule has 0 aromatic heterocycles. The van der Waals surface area contributed by atoms with E-state index >= 15 is 0 Å². The van der Waals surface area contributed by atoms with Crippen molar-refractivity contribution in [3.05, 3.63) is 29.8 Å². The summed E-state index contributed by atoms with van der Waals surface area (Å²) in [6.45, 7) is 0.107. The van der Waals surface area contributed by atoms with Crippen LogP contribution in [0.3, 0.4) is 0 Å². The molecular formula is C22H33N7O8S. The van der Waals surface area contributed by atoms with Gasteiger partial charge in [-0.3, -0.25) is 24.2 Å². The number of aromatic hydroxyl groups is 1. The van der Waals surface area contributed by atoms with E-state index in [0.29, 0.717) is 5.56 Å². The van der Waals surface area contributed by atoms with Gasteiger partial charge in [-0.1, -0.05) is 12.1 Å². The first-order chi connectivity index (χ1) is 17.8.